The third-order valence-corrected chi connectivity index (χ3v) is 6.06. The van der Waals surface area contributed by atoms with E-state index in [4.69, 9.17) is 21.3 Å². The smallest absolute Gasteiger partial charge is 0.229 e. The van der Waals surface area contributed by atoms with Crippen LogP contribution in [0.2, 0.25) is 0 Å². The summed E-state index contributed by atoms with van der Waals surface area (Å²) in [4.78, 5) is 17.8. The number of nitrogens with one attached hydrogen (secondary N) is 4. The topological polar surface area (TPSA) is 142 Å². The van der Waals surface area contributed by atoms with Crippen molar-refractivity contribution in [3.8, 4) is 0 Å². The first-order valence-electron chi connectivity index (χ1n) is 10.6. The van der Waals surface area contributed by atoms with Crippen molar-refractivity contribution in [2.45, 2.75) is 24.2 Å². The molecule has 2 aromatic carbocycles. The number of aromatic nitrogens is 1. The molecule has 0 aliphatic heterocycles. The van der Waals surface area contributed by atoms with Crippen molar-refractivity contribution >= 4 is 53.2 Å². The largest absolute Gasteiger partial charge is 0.405 e. The van der Waals surface area contributed by atoms with E-state index in [0.29, 0.717) is 17.2 Å². The number of carbonyl (C=O) groups is 1. The number of pyridine rings is 1. The van der Waals surface area contributed by atoms with Gasteiger partial charge in [-0.05, 0) is 79.5 Å². The van der Waals surface area contributed by atoms with E-state index in [1.807, 2.05) is 68.4 Å². The van der Waals surface area contributed by atoms with Crippen molar-refractivity contribution in [3.05, 3.63) is 77.5 Å². The first-order valence-corrected chi connectivity index (χ1v) is 11.5. The number of hydrogen-bond donors (Lipinski definition) is 6. The van der Waals surface area contributed by atoms with Crippen molar-refractivity contribution in [2.24, 2.45) is 10.9 Å². The molecule has 34 heavy (non-hydrogen) atoms. The molecule has 0 saturated heterocycles. The van der Waals surface area contributed by atoms with Gasteiger partial charge in [-0.2, -0.15) is 0 Å². The molecule has 0 bridgehead atoms. The molecule has 0 unspecified atom stereocenters. The number of nitrogens with zero attached hydrogens (tertiary/aromatic N) is 1. The van der Waals surface area contributed by atoms with Crippen LogP contribution in [-0.2, 0) is 10.2 Å². The second-order valence-corrected chi connectivity index (χ2v) is 8.68. The lowest BCUT2D eigenvalue weighted by molar-refractivity contribution is -0.125. The Morgan fingerprint density at radius 1 is 1.12 bits per heavy atom. The first kappa shape index (κ1) is 24.8. The summed E-state index contributed by atoms with van der Waals surface area (Å²) in [6.45, 7) is 3.75. The van der Waals surface area contributed by atoms with E-state index in [9.17, 15) is 4.79 Å². The van der Waals surface area contributed by atoms with Gasteiger partial charge < -0.3 is 27.1 Å². The highest BCUT2D eigenvalue weighted by atomic mass is 32.2. The third-order valence-electron chi connectivity index (χ3n) is 5.45. The van der Waals surface area contributed by atoms with E-state index in [2.05, 4.69) is 16.0 Å². The van der Waals surface area contributed by atoms with E-state index in [-0.39, 0.29) is 5.91 Å². The standard InChI is InChI=1S/C25H29N7OS/c1-25(2,24(33)29-3)17-8-10-18(11-9-17)30-23-19(15-27)16(12-13-26)14-22(32-23)31-20-6-4-5-7-21(20)34-28/h4-15,27H,26,28H2,1-3H3,(H,29,33)(H2,30,31,32)/b13-12-,27-15?. The van der Waals surface area contributed by atoms with Crippen LogP contribution in [0.4, 0.5) is 23.0 Å². The summed E-state index contributed by atoms with van der Waals surface area (Å²) < 4.78 is 0. The molecule has 1 aromatic heterocycles. The molecule has 0 spiro atoms. The Kier molecular flexibility index (Phi) is 7.93. The zero-order valence-electron chi connectivity index (χ0n) is 19.3. The van der Waals surface area contributed by atoms with Crippen LogP contribution in [0, 0.1) is 5.41 Å². The van der Waals surface area contributed by atoms with Crippen LogP contribution < -0.4 is 26.8 Å². The molecule has 3 aromatic rings. The number of carbonyl (C=O) groups excluding carboxylic acids is 1. The molecule has 0 fully saturated rings. The summed E-state index contributed by atoms with van der Waals surface area (Å²) in [7, 11) is 1.63. The molecule has 0 saturated carbocycles. The molecule has 0 aliphatic rings. The Bertz CT molecular complexity index is 1210. The van der Waals surface area contributed by atoms with Crippen molar-refractivity contribution in [1.29, 1.82) is 5.41 Å². The molecule has 8 nitrogen and oxygen atoms in total. The molecule has 0 atom stereocenters. The molecular formula is C25H29N7OS. The molecule has 9 heteroatoms. The van der Waals surface area contributed by atoms with E-state index < -0.39 is 5.41 Å². The predicted octanol–water partition coefficient (Wildman–Crippen LogP) is 4.49. The van der Waals surface area contributed by atoms with Gasteiger partial charge in [-0.3, -0.25) is 9.93 Å². The lowest BCUT2D eigenvalue weighted by Gasteiger charge is -2.23. The summed E-state index contributed by atoms with van der Waals surface area (Å²) in [6, 6.07) is 17.1. The molecule has 0 radical (unpaired) electrons. The second kappa shape index (κ2) is 10.9. The van der Waals surface area contributed by atoms with Crippen LogP contribution >= 0.6 is 11.9 Å². The van der Waals surface area contributed by atoms with Gasteiger partial charge in [0, 0.05) is 29.4 Å². The highest BCUT2D eigenvalue weighted by Crippen LogP contribution is 2.31. The fourth-order valence-electron chi connectivity index (χ4n) is 3.49. The minimum absolute atomic E-state index is 0.0612. The number of amides is 1. The van der Waals surface area contributed by atoms with Gasteiger partial charge in [0.1, 0.15) is 11.6 Å². The monoisotopic (exact) mass is 475 g/mol. The van der Waals surface area contributed by atoms with E-state index in [0.717, 1.165) is 39.3 Å². The summed E-state index contributed by atoms with van der Waals surface area (Å²) in [5.74, 6) is 0.998. The molecule has 8 N–H and O–H groups in total. The Balaban J connectivity index is 1.98. The predicted molar refractivity (Wildman–Crippen MR) is 142 cm³/mol. The van der Waals surface area contributed by atoms with Crippen LogP contribution in [0.25, 0.3) is 6.08 Å². The van der Waals surface area contributed by atoms with Gasteiger partial charge in [-0.25, -0.2) is 4.98 Å². The van der Waals surface area contributed by atoms with Gasteiger partial charge in [-0.1, -0.05) is 24.3 Å². The van der Waals surface area contributed by atoms with E-state index in [1.165, 1.54) is 12.4 Å². The number of nitrogens with two attached hydrogens (primary N) is 2. The van der Waals surface area contributed by atoms with Crippen molar-refractivity contribution < 1.29 is 4.79 Å². The maximum Gasteiger partial charge on any atom is 0.229 e. The number of benzene rings is 2. The van der Waals surface area contributed by atoms with Crippen LogP contribution in [0.5, 0.6) is 0 Å². The summed E-state index contributed by atoms with van der Waals surface area (Å²) >= 11 is 1.15. The number of rotatable bonds is 9. The molecule has 176 valence electrons. The normalized spacial score (nSPS) is 11.3. The fraction of sp³-hybridized carbons (Fsp3) is 0.160. The number of anilines is 4. The zero-order chi connectivity index (χ0) is 24.7. The van der Waals surface area contributed by atoms with Gasteiger partial charge in [0.15, 0.2) is 0 Å². The van der Waals surface area contributed by atoms with E-state index in [1.54, 1.807) is 13.1 Å². The average molecular weight is 476 g/mol. The van der Waals surface area contributed by atoms with Gasteiger partial charge in [0.05, 0.1) is 11.1 Å². The van der Waals surface area contributed by atoms with Crippen molar-refractivity contribution in [2.75, 3.05) is 17.7 Å². The van der Waals surface area contributed by atoms with Gasteiger partial charge in [-0.15, -0.1) is 0 Å². The zero-order valence-corrected chi connectivity index (χ0v) is 20.2. The summed E-state index contributed by atoms with van der Waals surface area (Å²) in [5.41, 5.74) is 8.78. The lowest BCUT2D eigenvalue weighted by atomic mass is 9.83. The van der Waals surface area contributed by atoms with Crippen LogP contribution in [0.15, 0.2) is 65.7 Å². The van der Waals surface area contributed by atoms with Gasteiger partial charge in [0.25, 0.3) is 0 Å². The molecule has 1 heterocycles. The third kappa shape index (κ3) is 5.38. The van der Waals surface area contributed by atoms with Crippen molar-refractivity contribution in [3.63, 3.8) is 0 Å². The van der Waals surface area contributed by atoms with E-state index >= 15 is 0 Å². The Labute approximate surface area is 203 Å². The number of para-hydroxylation sites is 1. The maximum atomic E-state index is 12.2. The van der Waals surface area contributed by atoms with Crippen molar-refractivity contribution in [1.82, 2.24) is 10.3 Å². The lowest BCUT2D eigenvalue weighted by Crippen LogP contribution is -2.37. The second-order valence-electron chi connectivity index (χ2n) is 8.01. The molecular weight excluding hydrogens is 446 g/mol. The SMILES string of the molecule is CNC(=O)C(C)(C)c1ccc(Nc2nc(Nc3ccccc3SN)cc(/C=C\N)c2C=N)cc1. The summed E-state index contributed by atoms with van der Waals surface area (Å²) in [6.07, 6.45) is 4.38. The average Bonchev–Trinajstić information content (AvgIpc) is 2.84. The Morgan fingerprint density at radius 3 is 2.44 bits per heavy atom. The van der Waals surface area contributed by atoms with Crippen LogP contribution in [-0.4, -0.2) is 24.2 Å². The maximum absolute atomic E-state index is 12.2. The first-order chi connectivity index (χ1) is 16.3. The highest BCUT2D eigenvalue weighted by molar-refractivity contribution is 7.97. The molecule has 1 amide bonds. The molecule has 0 aliphatic carbocycles. The number of hydrogen-bond acceptors (Lipinski definition) is 8. The van der Waals surface area contributed by atoms with Gasteiger partial charge in [0.2, 0.25) is 5.91 Å². The van der Waals surface area contributed by atoms with Gasteiger partial charge >= 0.3 is 0 Å². The summed E-state index contributed by atoms with van der Waals surface area (Å²) in [5, 5.41) is 23.0. The Hall–Kier alpha value is -3.82. The highest BCUT2D eigenvalue weighted by Gasteiger charge is 2.28. The quantitative estimate of drug-likeness (QED) is 0.198. The fourth-order valence-corrected chi connectivity index (χ4v) is 3.89. The molecule has 3 rings (SSSR count). The van der Waals surface area contributed by atoms with Crippen LogP contribution in [0.3, 0.4) is 0 Å². The minimum Gasteiger partial charge on any atom is -0.405 e. The number of likely N-dealkylation sites (N-methyl/N-ethyl adjacent to an activating group) is 1. The minimum atomic E-state index is -0.664. The Morgan fingerprint density at radius 2 is 1.82 bits per heavy atom. The van der Waals surface area contributed by atoms with Crippen LogP contribution in [0.1, 0.15) is 30.5 Å².